The van der Waals surface area contributed by atoms with Crippen LogP contribution in [0.5, 0.6) is 0 Å². The lowest BCUT2D eigenvalue weighted by molar-refractivity contribution is 0.156. The molecule has 2 heterocycles. The Kier molecular flexibility index (Phi) is 5.30. The molecular weight excluding hydrogens is 326 g/mol. The highest BCUT2D eigenvalue weighted by Crippen LogP contribution is 2.19. The Morgan fingerprint density at radius 3 is 2.83 bits per heavy atom. The molecule has 0 saturated carbocycles. The second-order valence-electron chi connectivity index (χ2n) is 5.86. The van der Waals surface area contributed by atoms with Crippen LogP contribution in [0.4, 0.5) is 0 Å². The van der Waals surface area contributed by atoms with Crippen molar-refractivity contribution in [3.8, 4) is 0 Å². The number of benzene rings is 1. The number of hydrogen-bond donors (Lipinski definition) is 2. The predicted molar refractivity (Wildman–Crippen MR) is 92.0 cm³/mol. The van der Waals surface area contributed by atoms with Crippen molar-refractivity contribution in [1.82, 2.24) is 24.5 Å². The van der Waals surface area contributed by atoms with E-state index in [4.69, 9.17) is 0 Å². The van der Waals surface area contributed by atoms with Crippen molar-refractivity contribution in [3.63, 3.8) is 0 Å². The van der Waals surface area contributed by atoms with Crippen molar-refractivity contribution in [3.05, 3.63) is 48.5 Å². The molecule has 0 bridgehead atoms. The smallest absolute Gasteiger partial charge is 0.240 e. The summed E-state index contributed by atoms with van der Waals surface area (Å²) in [5.41, 5.74) is 0. The summed E-state index contributed by atoms with van der Waals surface area (Å²) in [4.78, 5) is 7.00. The van der Waals surface area contributed by atoms with Crippen molar-refractivity contribution in [2.24, 2.45) is 7.05 Å². The minimum absolute atomic E-state index is 0.153. The van der Waals surface area contributed by atoms with Crippen molar-refractivity contribution < 1.29 is 8.42 Å². The van der Waals surface area contributed by atoms with Gasteiger partial charge in [0.25, 0.3) is 0 Å². The van der Waals surface area contributed by atoms with Gasteiger partial charge in [0.2, 0.25) is 10.0 Å². The second-order valence-corrected chi connectivity index (χ2v) is 7.63. The molecule has 0 aliphatic carbocycles. The van der Waals surface area contributed by atoms with Gasteiger partial charge in [-0.05, 0) is 12.1 Å². The van der Waals surface area contributed by atoms with E-state index in [0.29, 0.717) is 18.0 Å². The highest BCUT2D eigenvalue weighted by atomic mass is 32.2. The number of sulfonamides is 1. The third-order valence-electron chi connectivity index (χ3n) is 4.26. The number of aromatic nitrogens is 2. The molecule has 1 aliphatic rings. The number of piperazine rings is 1. The molecule has 3 rings (SSSR count). The summed E-state index contributed by atoms with van der Waals surface area (Å²) in [6.45, 7) is 3.59. The maximum atomic E-state index is 12.3. The fourth-order valence-corrected chi connectivity index (χ4v) is 4.02. The first-order valence-corrected chi connectivity index (χ1v) is 9.53. The highest BCUT2D eigenvalue weighted by Gasteiger charge is 2.26. The van der Waals surface area contributed by atoms with E-state index < -0.39 is 10.0 Å². The van der Waals surface area contributed by atoms with Crippen molar-refractivity contribution in [2.45, 2.75) is 10.9 Å². The van der Waals surface area contributed by atoms with Crippen LogP contribution in [-0.2, 0) is 17.1 Å². The SMILES string of the molecule is Cn1ccnc1C1CNCCN1CCNS(=O)(=O)c1ccccc1. The Morgan fingerprint density at radius 2 is 2.12 bits per heavy atom. The molecule has 1 unspecified atom stereocenters. The fraction of sp³-hybridized carbons (Fsp3) is 0.438. The van der Waals surface area contributed by atoms with Crippen LogP contribution in [0.3, 0.4) is 0 Å². The largest absolute Gasteiger partial charge is 0.337 e. The molecule has 8 heteroatoms. The molecule has 24 heavy (non-hydrogen) atoms. The van der Waals surface area contributed by atoms with E-state index in [2.05, 4.69) is 19.9 Å². The summed E-state index contributed by atoms with van der Waals surface area (Å²) in [7, 11) is -1.47. The number of nitrogens with one attached hydrogen (secondary N) is 2. The highest BCUT2D eigenvalue weighted by molar-refractivity contribution is 7.89. The zero-order chi connectivity index (χ0) is 17.0. The van der Waals surface area contributed by atoms with E-state index in [1.165, 1.54) is 0 Å². The van der Waals surface area contributed by atoms with Gasteiger partial charge in [-0.15, -0.1) is 0 Å². The van der Waals surface area contributed by atoms with Crippen LogP contribution < -0.4 is 10.0 Å². The van der Waals surface area contributed by atoms with E-state index in [1.54, 1.807) is 36.5 Å². The molecule has 0 amide bonds. The number of nitrogens with zero attached hydrogens (tertiary/aromatic N) is 3. The summed E-state index contributed by atoms with van der Waals surface area (Å²) < 4.78 is 29.3. The van der Waals surface area contributed by atoms with E-state index >= 15 is 0 Å². The molecule has 7 nitrogen and oxygen atoms in total. The normalized spacial score (nSPS) is 19.5. The molecule has 1 aromatic carbocycles. The predicted octanol–water partition coefficient (Wildman–Crippen LogP) is 0.345. The molecule has 2 aromatic rings. The van der Waals surface area contributed by atoms with Crippen LogP contribution in [0, 0.1) is 0 Å². The molecule has 0 spiro atoms. The zero-order valence-electron chi connectivity index (χ0n) is 13.7. The van der Waals surface area contributed by atoms with Crippen LogP contribution in [-0.4, -0.2) is 55.6 Å². The van der Waals surface area contributed by atoms with E-state index in [0.717, 1.165) is 25.5 Å². The van der Waals surface area contributed by atoms with E-state index in [-0.39, 0.29) is 6.04 Å². The summed E-state index contributed by atoms with van der Waals surface area (Å²) in [6.07, 6.45) is 3.72. The first-order valence-electron chi connectivity index (χ1n) is 8.04. The Morgan fingerprint density at radius 1 is 1.33 bits per heavy atom. The summed E-state index contributed by atoms with van der Waals surface area (Å²) >= 11 is 0. The van der Waals surface area contributed by atoms with Crippen molar-refractivity contribution >= 4 is 10.0 Å². The lowest BCUT2D eigenvalue weighted by atomic mass is 10.2. The van der Waals surface area contributed by atoms with Gasteiger partial charge in [-0.25, -0.2) is 18.1 Å². The molecule has 1 aromatic heterocycles. The van der Waals surface area contributed by atoms with Crippen LogP contribution in [0.2, 0.25) is 0 Å². The minimum atomic E-state index is -3.45. The molecule has 130 valence electrons. The van der Waals surface area contributed by atoms with Gasteiger partial charge in [0, 0.05) is 52.2 Å². The summed E-state index contributed by atoms with van der Waals surface area (Å²) in [5.74, 6) is 0.994. The molecular formula is C16H23N5O2S. The zero-order valence-corrected chi connectivity index (χ0v) is 14.5. The number of aryl methyl sites for hydroxylation is 1. The van der Waals surface area contributed by atoms with Crippen LogP contribution >= 0.6 is 0 Å². The maximum Gasteiger partial charge on any atom is 0.240 e. The van der Waals surface area contributed by atoms with Gasteiger partial charge in [-0.1, -0.05) is 18.2 Å². The quantitative estimate of drug-likeness (QED) is 0.786. The summed E-state index contributed by atoms with van der Waals surface area (Å²) in [6, 6.07) is 8.61. The average molecular weight is 349 g/mol. The Balaban J connectivity index is 1.62. The topological polar surface area (TPSA) is 79.3 Å². The van der Waals surface area contributed by atoms with Crippen molar-refractivity contribution in [1.29, 1.82) is 0 Å². The third-order valence-corrected chi connectivity index (χ3v) is 5.73. The molecule has 1 atom stereocenters. The van der Waals surface area contributed by atoms with E-state index in [1.807, 2.05) is 17.8 Å². The van der Waals surface area contributed by atoms with Gasteiger partial charge in [-0.3, -0.25) is 4.90 Å². The lowest BCUT2D eigenvalue weighted by Crippen LogP contribution is -2.49. The van der Waals surface area contributed by atoms with Crippen LogP contribution in [0.1, 0.15) is 11.9 Å². The van der Waals surface area contributed by atoms with Crippen LogP contribution in [0.25, 0.3) is 0 Å². The maximum absolute atomic E-state index is 12.3. The first kappa shape index (κ1) is 17.1. The molecule has 0 radical (unpaired) electrons. The van der Waals surface area contributed by atoms with Crippen LogP contribution in [0.15, 0.2) is 47.6 Å². The Hall–Kier alpha value is -1.74. The van der Waals surface area contributed by atoms with Gasteiger partial charge >= 0.3 is 0 Å². The number of rotatable bonds is 6. The van der Waals surface area contributed by atoms with Gasteiger partial charge in [-0.2, -0.15) is 0 Å². The standard InChI is InChI=1S/C16H23N5O2S/c1-20-10-8-18-16(20)15-13-17-7-11-21(15)12-9-19-24(22,23)14-5-3-2-4-6-14/h2-6,8,10,15,17,19H,7,9,11-13H2,1H3. The number of hydrogen-bond acceptors (Lipinski definition) is 5. The third kappa shape index (κ3) is 3.84. The minimum Gasteiger partial charge on any atom is -0.337 e. The van der Waals surface area contributed by atoms with Gasteiger partial charge in [0.1, 0.15) is 5.82 Å². The Labute approximate surface area is 142 Å². The first-order chi connectivity index (χ1) is 11.6. The molecule has 1 saturated heterocycles. The average Bonchev–Trinajstić information content (AvgIpc) is 3.02. The summed E-state index contributed by atoms with van der Waals surface area (Å²) in [5, 5.41) is 3.38. The fourth-order valence-electron chi connectivity index (χ4n) is 2.97. The molecule has 2 N–H and O–H groups in total. The Bertz CT molecular complexity index is 760. The molecule has 1 aliphatic heterocycles. The van der Waals surface area contributed by atoms with E-state index in [9.17, 15) is 8.42 Å². The van der Waals surface area contributed by atoms with Gasteiger partial charge in [0.05, 0.1) is 10.9 Å². The van der Waals surface area contributed by atoms with Crippen molar-refractivity contribution in [2.75, 3.05) is 32.7 Å². The molecule has 1 fully saturated rings. The second kappa shape index (κ2) is 7.43. The van der Waals surface area contributed by atoms with Gasteiger partial charge < -0.3 is 9.88 Å². The number of imidazole rings is 1. The monoisotopic (exact) mass is 349 g/mol. The lowest BCUT2D eigenvalue weighted by Gasteiger charge is -2.35. The van der Waals surface area contributed by atoms with Gasteiger partial charge in [0.15, 0.2) is 0 Å².